The summed E-state index contributed by atoms with van der Waals surface area (Å²) in [4.78, 5) is 27.6. The highest BCUT2D eigenvalue weighted by Crippen LogP contribution is 2.28. The Kier molecular flexibility index (Phi) is 5.33. The first-order valence-corrected chi connectivity index (χ1v) is 9.82. The van der Waals surface area contributed by atoms with Crippen LogP contribution in [0.4, 0.5) is 16.8 Å². The van der Waals surface area contributed by atoms with Crippen LogP contribution in [0.15, 0.2) is 36.5 Å². The van der Waals surface area contributed by atoms with Gasteiger partial charge in [-0.15, -0.1) is 0 Å². The van der Waals surface area contributed by atoms with E-state index >= 15 is 0 Å². The van der Waals surface area contributed by atoms with Crippen LogP contribution in [0.3, 0.4) is 0 Å². The molecule has 1 aromatic carbocycles. The molecular weight excluding hydrogens is 388 g/mol. The lowest BCUT2D eigenvalue weighted by molar-refractivity contribution is 0.0736. The van der Waals surface area contributed by atoms with Crippen molar-refractivity contribution in [3.8, 4) is 17.5 Å². The van der Waals surface area contributed by atoms with Gasteiger partial charge in [-0.05, 0) is 30.3 Å². The molecule has 1 aliphatic rings. The van der Waals surface area contributed by atoms with Gasteiger partial charge in [-0.2, -0.15) is 5.26 Å². The lowest BCUT2D eigenvalue weighted by atomic mass is 10.1. The Hall–Kier alpha value is -3.55. The highest BCUT2D eigenvalue weighted by Gasteiger charge is 2.18. The smallest absolute Gasteiger partial charge is 0.253 e. The Labute approximate surface area is 171 Å². The fourth-order valence-electron chi connectivity index (χ4n) is 3.01. The van der Waals surface area contributed by atoms with E-state index < -0.39 is 0 Å². The number of nitrogens with one attached hydrogen (secondary N) is 2. The predicted octanol–water partition coefficient (Wildman–Crippen LogP) is 1.84. The maximum absolute atomic E-state index is 12.5. The number of nitrogens with zero attached hydrogens (tertiary/aromatic N) is 5. The van der Waals surface area contributed by atoms with Crippen molar-refractivity contribution in [1.82, 2.24) is 25.2 Å². The maximum Gasteiger partial charge on any atom is 0.253 e. The Bertz CT molecular complexity index is 1070. The number of nitrogen functional groups attached to an aromatic ring is 1. The van der Waals surface area contributed by atoms with Gasteiger partial charge in [0, 0.05) is 43.6 Å². The average Bonchev–Trinajstić information content (AvgIpc) is 3.15. The Morgan fingerprint density at radius 2 is 1.97 bits per heavy atom. The third-order valence-corrected chi connectivity index (χ3v) is 5.22. The van der Waals surface area contributed by atoms with E-state index in [0.29, 0.717) is 46.0 Å². The fraction of sp³-hybridized carbons (Fsp3) is 0.211. The van der Waals surface area contributed by atoms with E-state index in [0.717, 1.165) is 30.1 Å². The summed E-state index contributed by atoms with van der Waals surface area (Å²) in [6, 6.07) is 11.0. The summed E-state index contributed by atoms with van der Waals surface area (Å²) < 4.78 is 0. The summed E-state index contributed by atoms with van der Waals surface area (Å²) >= 11 is 1.12. The minimum Gasteiger partial charge on any atom is -0.375 e. The zero-order valence-corrected chi connectivity index (χ0v) is 16.2. The van der Waals surface area contributed by atoms with E-state index in [1.165, 1.54) is 0 Å². The van der Waals surface area contributed by atoms with Crippen LogP contribution < -0.4 is 16.4 Å². The zero-order chi connectivity index (χ0) is 20.2. The molecule has 3 heterocycles. The third-order valence-electron chi connectivity index (χ3n) is 4.44. The molecule has 146 valence electrons. The van der Waals surface area contributed by atoms with Gasteiger partial charge in [-0.1, -0.05) is 11.3 Å². The van der Waals surface area contributed by atoms with E-state index in [1.54, 1.807) is 24.4 Å². The van der Waals surface area contributed by atoms with Gasteiger partial charge in [-0.3, -0.25) is 4.79 Å². The van der Waals surface area contributed by atoms with E-state index in [1.807, 2.05) is 17.0 Å². The number of hydrogen-bond acceptors (Lipinski definition) is 9. The SMILES string of the molecule is N#Cc1sc(N)nc1-c1ccnc(Nc2ccc(C(=O)N3CCNCC3)cc2)n1. The Balaban J connectivity index is 1.50. The molecule has 0 spiro atoms. The monoisotopic (exact) mass is 406 g/mol. The van der Waals surface area contributed by atoms with Crippen LogP contribution in [0, 0.1) is 11.3 Å². The number of aromatic nitrogens is 3. The second-order valence-corrected chi connectivity index (χ2v) is 7.38. The molecule has 1 aliphatic heterocycles. The number of nitrogens with two attached hydrogens (primary N) is 1. The molecule has 29 heavy (non-hydrogen) atoms. The second-order valence-electron chi connectivity index (χ2n) is 6.35. The molecule has 1 saturated heterocycles. The van der Waals surface area contributed by atoms with E-state index in [4.69, 9.17) is 5.73 Å². The van der Waals surface area contributed by atoms with Gasteiger partial charge in [0.15, 0.2) is 5.13 Å². The summed E-state index contributed by atoms with van der Waals surface area (Å²) in [6.07, 6.45) is 1.59. The number of hydrogen-bond donors (Lipinski definition) is 3. The molecule has 2 aromatic heterocycles. The van der Waals surface area contributed by atoms with Crippen molar-refractivity contribution in [1.29, 1.82) is 5.26 Å². The van der Waals surface area contributed by atoms with Crippen molar-refractivity contribution in [2.75, 3.05) is 37.2 Å². The fourth-order valence-corrected chi connectivity index (χ4v) is 3.65. The van der Waals surface area contributed by atoms with Crippen molar-refractivity contribution in [2.45, 2.75) is 0 Å². The molecule has 0 bridgehead atoms. The molecule has 3 aromatic rings. The number of carbonyl (C=O) groups excluding carboxylic acids is 1. The lowest BCUT2D eigenvalue weighted by Crippen LogP contribution is -2.46. The third kappa shape index (κ3) is 4.16. The summed E-state index contributed by atoms with van der Waals surface area (Å²) in [5.41, 5.74) is 8.05. The first kappa shape index (κ1) is 18.8. The normalized spacial score (nSPS) is 13.7. The number of carbonyl (C=O) groups is 1. The number of thiazole rings is 1. The molecular formula is C19H18N8OS. The molecule has 0 radical (unpaired) electrons. The first-order valence-electron chi connectivity index (χ1n) is 9.01. The molecule has 0 saturated carbocycles. The summed E-state index contributed by atoms with van der Waals surface area (Å²) in [7, 11) is 0. The van der Waals surface area contributed by atoms with Crippen molar-refractivity contribution in [3.63, 3.8) is 0 Å². The number of anilines is 3. The molecule has 9 nitrogen and oxygen atoms in total. The van der Waals surface area contributed by atoms with Crippen LogP contribution in [0.1, 0.15) is 15.2 Å². The molecule has 1 fully saturated rings. The minimum absolute atomic E-state index is 0.0291. The van der Waals surface area contributed by atoms with Gasteiger partial charge in [0.2, 0.25) is 5.95 Å². The molecule has 4 rings (SSSR count). The quantitative estimate of drug-likeness (QED) is 0.598. The highest BCUT2D eigenvalue weighted by atomic mass is 32.1. The highest BCUT2D eigenvalue weighted by molar-refractivity contribution is 7.16. The van der Waals surface area contributed by atoms with Crippen molar-refractivity contribution in [2.24, 2.45) is 0 Å². The van der Waals surface area contributed by atoms with Gasteiger partial charge in [-0.25, -0.2) is 15.0 Å². The molecule has 0 aliphatic carbocycles. The van der Waals surface area contributed by atoms with Gasteiger partial charge >= 0.3 is 0 Å². The number of piperazine rings is 1. The van der Waals surface area contributed by atoms with Crippen molar-refractivity contribution >= 4 is 34.0 Å². The van der Waals surface area contributed by atoms with Crippen LogP contribution >= 0.6 is 11.3 Å². The maximum atomic E-state index is 12.5. The zero-order valence-electron chi connectivity index (χ0n) is 15.4. The molecule has 1 amide bonds. The van der Waals surface area contributed by atoms with Crippen LogP contribution in [-0.2, 0) is 0 Å². The van der Waals surface area contributed by atoms with E-state index in [9.17, 15) is 10.1 Å². The first-order chi connectivity index (χ1) is 14.1. The largest absolute Gasteiger partial charge is 0.375 e. The predicted molar refractivity (Wildman–Crippen MR) is 111 cm³/mol. The second kappa shape index (κ2) is 8.22. The van der Waals surface area contributed by atoms with Crippen molar-refractivity contribution < 1.29 is 4.79 Å². The van der Waals surface area contributed by atoms with E-state index in [-0.39, 0.29) is 5.91 Å². The van der Waals surface area contributed by atoms with Crippen LogP contribution in [0.25, 0.3) is 11.4 Å². The number of benzene rings is 1. The summed E-state index contributed by atoms with van der Waals surface area (Å²) in [6.45, 7) is 3.06. The average molecular weight is 406 g/mol. The van der Waals surface area contributed by atoms with Crippen LogP contribution in [0.5, 0.6) is 0 Å². The number of nitriles is 1. The minimum atomic E-state index is 0.0291. The molecule has 10 heteroatoms. The van der Waals surface area contributed by atoms with Gasteiger partial charge in [0.25, 0.3) is 5.91 Å². The Morgan fingerprint density at radius 1 is 1.21 bits per heavy atom. The van der Waals surface area contributed by atoms with Gasteiger partial charge in [0.05, 0.1) is 5.69 Å². The van der Waals surface area contributed by atoms with E-state index in [2.05, 4.69) is 31.7 Å². The summed E-state index contributed by atoms with van der Waals surface area (Å²) in [5, 5.41) is 15.9. The van der Waals surface area contributed by atoms with Crippen LogP contribution in [-0.4, -0.2) is 51.9 Å². The van der Waals surface area contributed by atoms with Gasteiger partial charge < -0.3 is 21.3 Å². The Morgan fingerprint density at radius 3 is 2.69 bits per heavy atom. The lowest BCUT2D eigenvalue weighted by Gasteiger charge is -2.27. The van der Waals surface area contributed by atoms with Crippen LogP contribution in [0.2, 0.25) is 0 Å². The molecule has 0 atom stereocenters. The molecule has 4 N–H and O–H groups in total. The van der Waals surface area contributed by atoms with Gasteiger partial charge in [0.1, 0.15) is 16.6 Å². The molecule has 0 unspecified atom stereocenters. The standard InChI is InChI=1S/C19H18N8OS/c20-11-15-16(26-18(21)29-15)14-5-6-23-19(25-14)24-13-3-1-12(2-4-13)17(28)27-9-7-22-8-10-27/h1-6,22H,7-10H2,(H2,21,26)(H,23,24,25). The number of rotatable bonds is 4. The summed E-state index contributed by atoms with van der Waals surface area (Å²) in [5.74, 6) is 0.389. The van der Waals surface area contributed by atoms with Crippen molar-refractivity contribution in [3.05, 3.63) is 47.0 Å². The number of amides is 1. The topological polar surface area (TPSA) is 133 Å².